The summed E-state index contributed by atoms with van der Waals surface area (Å²) in [7, 11) is 0. The highest BCUT2D eigenvalue weighted by Gasteiger charge is 2.24. The summed E-state index contributed by atoms with van der Waals surface area (Å²) in [6.45, 7) is 11.9. The van der Waals surface area contributed by atoms with Crippen molar-refractivity contribution >= 4 is 12.6 Å². The highest BCUT2D eigenvalue weighted by atomic mass is 32.1. The zero-order valence-electron chi connectivity index (χ0n) is 7.59. The quantitative estimate of drug-likeness (QED) is 0.585. The van der Waals surface area contributed by atoms with Crippen LogP contribution >= 0.6 is 12.6 Å². The van der Waals surface area contributed by atoms with E-state index in [9.17, 15) is 0 Å². The molecule has 0 spiro atoms. The van der Waals surface area contributed by atoms with Gasteiger partial charge in [-0.2, -0.15) is 12.6 Å². The Morgan fingerprint density at radius 2 is 2.08 bits per heavy atom. The van der Waals surface area contributed by atoms with Gasteiger partial charge in [-0.15, -0.1) is 0 Å². The predicted molar refractivity (Wildman–Crippen MR) is 58.6 cm³/mol. The lowest BCUT2D eigenvalue weighted by atomic mass is 10.1. The molecule has 0 radical (unpaired) electrons. The maximum Gasteiger partial charge on any atom is 0.0482 e. The van der Waals surface area contributed by atoms with Crippen molar-refractivity contribution in [1.29, 1.82) is 0 Å². The highest BCUT2D eigenvalue weighted by molar-refractivity contribution is 7.81. The van der Waals surface area contributed by atoms with Gasteiger partial charge in [0.1, 0.15) is 0 Å². The van der Waals surface area contributed by atoms with Crippen molar-refractivity contribution in [3.05, 3.63) is 47.6 Å². The molecule has 0 bridgehead atoms. The molecule has 1 rings (SSSR count). The second-order valence-electron chi connectivity index (χ2n) is 2.93. The van der Waals surface area contributed by atoms with E-state index in [4.69, 9.17) is 0 Å². The maximum atomic E-state index is 4.46. The molecule has 0 aliphatic heterocycles. The third kappa shape index (κ3) is 1.18. The molecule has 64 valence electrons. The van der Waals surface area contributed by atoms with Crippen LogP contribution in [0.5, 0.6) is 0 Å². The molecule has 0 aromatic heterocycles. The maximum absolute atomic E-state index is 4.46. The summed E-state index contributed by atoms with van der Waals surface area (Å²) in [5, 5.41) is 0.184. The molecule has 1 aliphatic carbocycles. The molecule has 0 saturated carbocycles. The number of hydrogen-bond donors (Lipinski definition) is 1. The summed E-state index contributed by atoms with van der Waals surface area (Å²) in [4.78, 5) is 0. The van der Waals surface area contributed by atoms with Gasteiger partial charge in [0.15, 0.2) is 0 Å². The Hall–Kier alpha value is -0.690. The van der Waals surface area contributed by atoms with Gasteiger partial charge in [0.2, 0.25) is 0 Å². The SMILES string of the molecule is C=CC1=C(C)C(S)C(=C)/C1=C\C. The summed E-state index contributed by atoms with van der Waals surface area (Å²) in [5.74, 6) is 0. The van der Waals surface area contributed by atoms with Crippen molar-refractivity contribution in [3.63, 3.8) is 0 Å². The first-order valence-electron chi connectivity index (χ1n) is 4.00. The van der Waals surface area contributed by atoms with Gasteiger partial charge < -0.3 is 0 Å². The fourth-order valence-electron chi connectivity index (χ4n) is 1.55. The Morgan fingerprint density at radius 3 is 2.42 bits per heavy atom. The molecular formula is C11H14S. The van der Waals surface area contributed by atoms with Gasteiger partial charge in [0.05, 0.1) is 0 Å². The van der Waals surface area contributed by atoms with Crippen LogP contribution in [0.25, 0.3) is 0 Å². The van der Waals surface area contributed by atoms with E-state index < -0.39 is 0 Å². The largest absolute Gasteiger partial charge is 0.167 e. The van der Waals surface area contributed by atoms with Crippen molar-refractivity contribution < 1.29 is 0 Å². The van der Waals surface area contributed by atoms with Gasteiger partial charge >= 0.3 is 0 Å². The van der Waals surface area contributed by atoms with Gasteiger partial charge in [-0.1, -0.05) is 25.3 Å². The summed E-state index contributed by atoms with van der Waals surface area (Å²) in [6.07, 6.45) is 3.95. The summed E-state index contributed by atoms with van der Waals surface area (Å²) < 4.78 is 0. The topological polar surface area (TPSA) is 0 Å². The summed E-state index contributed by atoms with van der Waals surface area (Å²) in [5.41, 5.74) is 4.74. The smallest absolute Gasteiger partial charge is 0.0482 e. The molecule has 12 heavy (non-hydrogen) atoms. The molecule has 1 atom stereocenters. The molecular weight excluding hydrogens is 164 g/mol. The summed E-state index contributed by atoms with van der Waals surface area (Å²) in [6, 6.07) is 0. The Morgan fingerprint density at radius 1 is 1.50 bits per heavy atom. The Kier molecular flexibility index (Phi) is 2.63. The van der Waals surface area contributed by atoms with Crippen LogP contribution in [0, 0.1) is 0 Å². The third-order valence-electron chi connectivity index (χ3n) is 2.29. The van der Waals surface area contributed by atoms with E-state index in [1.165, 1.54) is 16.7 Å². The second-order valence-corrected chi connectivity index (χ2v) is 3.45. The van der Waals surface area contributed by atoms with Gasteiger partial charge in [0, 0.05) is 5.25 Å². The fraction of sp³-hybridized carbons (Fsp3) is 0.273. The molecule has 0 nitrogen and oxygen atoms in total. The lowest BCUT2D eigenvalue weighted by molar-refractivity contribution is 1.23. The van der Waals surface area contributed by atoms with Crippen LogP contribution < -0.4 is 0 Å². The van der Waals surface area contributed by atoms with Crippen LogP contribution in [0.1, 0.15) is 13.8 Å². The zero-order chi connectivity index (χ0) is 9.30. The predicted octanol–water partition coefficient (Wildman–Crippen LogP) is 3.30. The minimum Gasteiger partial charge on any atom is -0.167 e. The van der Waals surface area contributed by atoms with Crippen molar-refractivity contribution in [2.45, 2.75) is 19.1 Å². The average molecular weight is 178 g/mol. The van der Waals surface area contributed by atoms with E-state index in [0.29, 0.717) is 0 Å². The second kappa shape index (κ2) is 3.36. The number of rotatable bonds is 1. The van der Waals surface area contributed by atoms with Crippen LogP contribution in [0.4, 0.5) is 0 Å². The molecule has 0 N–H and O–H groups in total. The zero-order valence-corrected chi connectivity index (χ0v) is 8.49. The molecule has 0 fully saturated rings. The van der Waals surface area contributed by atoms with Crippen LogP contribution in [-0.2, 0) is 0 Å². The first-order valence-corrected chi connectivity index (χ1v) is 4.52. The standard InChI is InChI=1S/C11H14S/c1-5-9-7(3)11(12)8(4)10(9)6-2/h5-6,11-12H,1,4H2,2-3H3/b10-6+. The first kappa shape index (κ1) is 9.40. The molecule has 0 aromatic rings. The number of allylic oxidation sites excluding steroid dienone is 4. The lowest BCUT2D eigenvalue weighted by Crippen LogP contribution is -1.96. The van der Waals surface area contributed by atoms with Crippen molar-refractivity contribution in [2.75, 3.05) is 0 Å². The molecule has 0 amide bonds. The Bertz CT molecular complexity index is 292. The van der Waals surface area contributed by atoms with Crippen molar-refractivity contribution in [1.82, 2.24) is 0 Å². The Balaban J connectivity index is 3.24. The van der Waals surface area contributed by atoms with E-state index in [1.54, 1.807) is 0 Å². The molecule has 0 heterocycles. The third-order valence-corrected chi connectivity index (χ3v) is 2.99. The lowest BCUT2D eigenvalue weighted by Gasteiger charge is -2.04. The van der Waals surface area contributed by atoms with Crippen LogP contribution in [-0.4, -0.2) is 5.25 Å². The molecule has 1 heteroatoms. The molecule has 1 unspecified atom stereocenters. The first-order chi connectivity index (χ1) is 5.63. The fourth-order valence-corrected chi connectivity index (χ4v) is 1.83. The van der Waals surface area contributed by atoms with Gasteiger partial charge in [-0.3, -0.25) is 0 Å². The van der Waals surface area contributed by atoms with Gasteiger partial charge in [0.25, 0.3) is 0 Å². The molecule has 0 aromatic carbocycles. The minimum atomic E-state index is 0.184. The minimum absolute atomic E-state index is 0.184. The molecule has 0 saturated heterocycles. The van der Waals surface area contributed by atoms with E-state index in [2.05, 4.69) is 38.8 Å². The highest BCUT2D eigenvalue weighted by Crippen LogP contribution is 2.38. The van der Waals surface area contributed by atoms with Gasteiger partial charge in [-0.25, -0.2) is 0 Å². The monoisotopic (exact) mass is 178 g/mol. The van der Waals surface area contributed by atoms with Crippen LogP contribution in [0.2, 0.25) is 0 Å². The Labute approximate surface area is 79.8 Å². The van der Waals surface area contributed by atoms with Gasteiger partial charge in [-0.05, 0) is 36.1 Å². The average Bonchev–Trinajstić information content (AvgIpc) is 2.29. The molecule has 1 aliphatic rings. The summed E-state index contributed by atoms with van der Waals surface area (Å²) >= 11 is 4.46. The van der Waals surface area contributed by atoms with Crippen molar-refractivity contribution in [3.8, 4) is 0 Å². The van der Waals surface area contributed by atoms with E-state index in [1.807, 2.05) is 13.0 Å². The van der Waals surface area contributed by atoms with E-state index in [0.717, 1.165) is 5.57 Å². The van der Waals surface area contributed by atoms with Crippen LogP contribution in [0.3, 0.4) is 0 Å². The number of thiol groups is 1. The van der Waals surface area contributed by atoms with Crippen molar-refractivity contribution in [2.24, 2.45) is 0 Å². The van der Waals surface area contributed by atoms with E-state index >= 15 is 0 Å². The number of hydrogen-bond acceptors (Lipinski definition) is 1. The normalized spacial score (nSPS) is 27.1. The van der Waals surface area contributed by atoms with E-state index in [-0.39, 0.29) is 5.25 Å². The van der Waals surface area contributed by atoms with Crippen LogP contribution in [0.15, 0.2) is 47.6 Å².